The van der Waals surface area contributed by atoms with Crippen LogP contribution in [0, 0.1) is 11.8 Å². The Hall–Kier alpha value is -3.32. The van der Waals surface area contributed by atoms with Gasteiger partial charge in [-0.2, -0.15) is 0 Å². The molecule has 0 bridgehead atoms. The van der Waals surface area contributed by atoms with E-state index in [1.165, 1.54) is 36.0 Å². The van der Waals surface area contributed by atoms with Crippen LogP contribution in [-0.2, 0) is 11.3 Å². The summed E-state index contributed by atoms with van der Waals surface area (Å²) in [6.07, 6.45) is -0.847. The smallest absolute Gasteiger partial charge is 0.269 e. The van der Waals surface area contributed by atoms with Crippen molar-refractivity contribution >= 4 is 11.8 Å². The van der Waals surface area contributed by atoms with Gasteiger partial charge in [0.05, 0.1) is 0 Å². The molecular formula is C25H27F2N3O4. The van der Waals surface area contributed by atoms with Crippen molar-refractivity contribution in [2.75, 3.05) is 13.1 Å². The van der Waals surface area contributed by atoms with Gasteiger partial charge in [-0.25, -0.2) is 14.3 Å². The summed E-state index contributed by atoms with van der Waals surface area (Å²) in [6.45, 7) is 3.90. The largest absolute Gasteiger partial charge is 0.381 e. The Kier molecular flexibility index (Phi) is 8.34. The summed E-state index contributed by atoms with van der Waals surface area (Å²) in [5.74, 6) is 3.81. The molecule has 1 fully saturated rings. The number of alkyl halides is 2. The molecule has 2 aromatic rings. The third kappa shape index (κ3) is 6.38. The van der Waals surface area contributed by atoms with Crippen LogP contribution in [0.15, 0.2) is 48.5 Å². The second-order valence-electron chi connectivity index (χ2n) is 8.42. The molecule has 9 heteroatoms. The fraction of sp³-hybridized carbons (Fsp3) is 0.360. The number of nitrogens with one attached hydrogen (secondary N) is 2. The van der Waals surface area contributed by atoms with Crippen molar-refractivity contribution in [3.05, 3.63) is 70.8 Å². The zero-order valence-electron chi connectivity index (χ0n) is 18.7. The first kappa shape index (κ1) is 25.3. The molecule has 3 rings (SSSR count). The Morgan fingerprint density at radius 2 is 1.56 bits per heavy atom. The Morgan fingerprint density at radius 1 is 1.03 bits per heavy atom. The fourth-order valence-corrected chi connectivity index (χ4v) is 3.62. The lowest BCUT2D eigenvalue weighted by molar-refractivity contribution is -0.149. The van der Waals surface area contributed by atoms with Crippen LogP contribution in [0.1, 0.15) is 46.8 Å². The molecule has 2 aromatic carbocycles. The van der Waals surface area contributed by atoms with Gasteiger partial charge in [-0.1, -0.05) is 24.0 Å². The Morgan fingerprint density at radius 3 is 2.06 bits per heavy atom. The molecule has 1 heterocycles. The normalized spacial score (nSPS) is 16.3. The molecule has 34 heavy (non-hydrogen) atoms. The number of likely N-dealkylation sites (tertiary alicyclic amines) is 1. The van der Waals surface area contributed by atoms with E-state index in [4.69, 9.17) is 5.21 Å². The second-order valence-corrected chi connectivity index (χ2v) is 8.42. The van der Waals surface area contributed by atoms with Gasteiger partial charge >= 0.3 is 0 Å². The molecule has 0 aromatic heterocycles. The molecule has 1 aliphatic heterocycles. The minimum absolute atomic E-state index is 0.0672. The van der Waals surface area contributed by atoms with Crippen molar-refractivity contribution < 1.29 is 28.7 Å². The molecule has 1 unspecified atom stereocenters. The van der Waals surface area contributed by atoms with Crippen LogP contribution in [0.2, 0.25) is 0 Å². The van der Waals surface area contributed by atoms with E-state index in [0.29, 0.717) is 12.5 Å². The molecule has 0 spiro atoms. The van der Waals surface area contributed by atoms with Crippen LogP contribution in [-0.4, -0.2) is 58.2 Å². The number of amides is 2. The van der Waals surface area contributed by atoms with E-state index >= 15 is 0 Å². The van der Waals surface area contributed by atoms with Crippen molar-refractivity contribution in [1.29, 1.82) is 0 Å². The Bertz CT molecular complexity index is 1050. The number of aliphatic hydroxyl groups is 1. The number of hydrogen-bond donors (Lipinski definition) is 4. The average Bonchev–Trinajstić information content (AvgIpc) is 3.34. The van der Waals surface area contributed by atoms with Gasteiger partial charge in [0.15, 0.2) is 5.60 Å². The van der Waals surface area contributed by atoms with E-state index in [-0.39, 0.29) is 5.56 Å². The first-order valence-corrected chi connectivity index (χ1v) is 10.9. The number of rotatable bonds is 7. The number of nitrogens with zero attached hydrogens (tertiary/aromatic N) is 1. The van der Waals surface area contributed by atoms with Crippen LogP contribution in [0.3, 0.4) is 0 Å². The summed E-state index contributed by atoms with van der Waals surface area (Å²) in [5, 5.41) is 20.7. The minimum Gasteiger partial charge on any atom is -0.381 e. The highest BCUT2D eigenvalue weighted by Crippen LogP contribution is 2.20. The predicted molar refractivity (Wildman–Crippen MR) is 121 cm³/mol. The van der Waals surface area contributed by atoms with E-state index in [9.17, 15) is 23.5 Å². The summed E-state index contributed by atoms with van der Waals surface area (Å²) >= 11 is 0. The lowest BCUT2D eigenvalue weighted by atomic mass is 9.95. The van der Waals surface area contributed by atoms with Gasteiger partial charge in [0.25, 0.3) is 18.2 Å². The third-order valence-corrected chi connectivity index (χ3v) is 5.73. The highest BCUT2D eigenvalue weighted by atomic mass is 19.3. The summed E-state index contributed by atoms with van der Waals surface area (Å²) in [4.78, 5) is 26.6. The standard InChI is InChI=1S/C25H27F2N3O4/c1-25(33,24(26)27)21(23(32)29-34)28-22(31)20-12-10-18(11-13-20)5-4-17-6-8-19(9-7-17)16-30-14-2-3-15-30/h6-13,21,24,33-34H,2-3,14-16H2,1H3,(H,28,31)(H,29,32)/t21-,25?/m1/s1. The number of hydroxylamine groups is 1. The minimum atomic E-state index is -3.35. The van der Waals surface area contributed by atoms with Crippen molar-refractivity contribution in [2.45, 2.75) is 44.4 Å². The maximum absolute atomic E-state index is 13.1. The Balaban J connectivity index is 1.64. The molecule has 2 amide bonds. The highest BCUT2D eigenvalue weighted by molar-refractivity contribution is 5.97. The van der Waals surface area contributed by atoms with Crippen LogP contribution < -0.4 is 10.8 Å². The van der Waals surface area contributed by atoms with Crippen LogP contribution in [0.5, 0.6) is 0 Å². The number of carbonyl (C=O) groups excluding carboxylic acids is 2. The van der Waals surface area contributed by atoms with Gasteiger partial charge in [-0.05, 0) is 74.8 Å². The average molecular weight is 472 g/mol. The summed E-state index contributed by atoms with van der Waals surface area (Å²) in [7, 11) is 0. The van der Waals surface area contributed by atoms with E-state index in [0.717, 1.165) is 25.2 Å². The molecule has 0 aliphatic carbocycles. The number of benzene rings is 2. The highest BCUT2D eigenvalue weighted by Gasteiger charge is 2.46. The lowest BCUT2D eigenvalue weighted by Crippen LogP contribution is -2.61. The monoisotopic (exact) mass is 471 g/mol. The molecule has 0 saturated carbocycles. The summed E-state index contributed by atoms with van der Waals surface area (Å²) < 4.78 is 26.2. The van der Waals surface area contributed by atoms with E-state index < -0.39 is 29.9 Å². The molecule has 7 nitrogen and oxygen atoms in total. The first-order valence-electron chi connectivity index (χ1n) is 10.9. The molecule has 0 radical (unpaired) electrons. The van der Waals surface area contributed by atoms with Gasteiger partial charge in [0.1, 0.15) is 6.04 Å². The van der Waals surface area contributed by atoms with Gasteiger partial charge in [-0.3, -0.25) is 19.7 Å². The van der Waals surface area contributed by atoms with Crippen molar-refractivity contribution in [3.63, 3.8) is 0 Å². The second kappa shape index (κ2) is 11.2. The zero-order chi connectivity index (χ0) is 24.7. The molecule has 4 N–H and O–H groups in total. The maximum atomic E-state index is 13.1. The number of halogens is 2. The van der Waals surface area contributed by atoms with E-state index in [1.54, 1.807) is 12.1 Å². The van der Waals surface area contributed by atoms with Crippen LogP contribution in [0.25, 0.3) is 0 Å². The zero-order valence-corrected chi connectivity index (χ0v) is 18.7. The predicted octanol–water partition coefficient (Wildman–Crippen LogP) is 2.30. The summed E-state index contributed by atoms with van der Waals surface area (Å²) in [6, 6.07) is 12.0. The third-order valence-electron chi connectivity index (χ3n) is 5.73. The molecule has 1 saturated heterocycles. The quantitative estimate of drug-likeness (QED) is 0.282. The number of carbonyl (C=O) groups is 2. The SMILES string of the molecule is CC(O)(C(F)F)[C@H](NC(=O)c1ccc(C#Cc2ccc(CN3CCCC3)cc2)cc1)C(=O)NO. The van der Waals surface area contributed by atoms with Crippen molar-refractivity contribution in [3.8, 4) is 11.8 Å². The van der Waals surface area contributed by atoms with Gasteiger partial charge in [0, 0.05) is 23.2 Å². The molecule has 2 atom stereocenters. The Labute approximate surface area is 196 Å². The number of hydrogen-bond acceptors (Lipinski definition) is 5. The molecular weight excluding hydrogens is 444 g/mol. The molecule has 1 aliphatic rings. The van der Waals surface area contributed by atoms with Crippen LogP contribution in [0.4, 0.5) is 8.78 Å². The van der Waals surface area contributed by atoms with Gasteiger partial charge in [-0.15, -0.1) is 0 Å². The lowest BCUT2D eigenvalue weighted by Gasteiger charge is -2.30. The van der Waals surface area contributed by atoms with Crippen molar-refractivity contribution in [2.24, 2.45) is 0 Å². The first-order chi connectivity index (χ1) is 16.2. The maximum Gasteiger partial charge on any atom is 0.269 e. The fourth-order valence-electron chi connectivity index (χ4n) is 3.62. The van der Waals surface area contributed by atoms with E-state index in [1.807, 2.05) is 17.4 Å². The summed E-state index contributed by atoms with van der Waals surface area (Å²) in [5.41, 5.74) is 1.07. The van der Waals surface area contributed by atoms with E-state index in [2.05, 4.69) is 28.9 Å². The van der Waals surface area contributed by atoms with Gasteiger partial charge in [0.2, 0.25) is 0 Å². The van der Waals surface area contributed by atoms with Crippen molar-refractivity contribution in [1.82, 2.24) is 15.7 Å². The van der Waals surface area contributed by atoms with Crippen LogP contribution >= 0.6 is 0 Å². The van der Waals surface area contributed by atoms with Gasteiger partial charge < -0.3 is 10.4 Å². The molecule has 180 valence electrons. The topological polar surface area (TPSA) is 102 Å².